The summed E-state index contributed by atoms with van der Waals surface area (Å²) >= 11 is 0. The lowest BCUT2D eigenvalue weighted by Crippen LogP contribution is -2.60. The highest BCUT2D eigenvalue weighted by molar-refractivity contribution is 5.81. The van der Waals surface area contributed by atoms with Crippen LogP contribution in [0.4, 0.5) is 18.4 Å². The molecule has 0 saturated carbocycles. The number of carbonyl (C=O) groups is 2. The molecule has 1 aliphatic heterocycles. The highest BCUT2D eigenvalue weighted by Gasteiger charge is 2.56. The molecule has 7 nitrogen and oxygen atoms in total. The van der Waals surface area contributed by atoms with Crippen molar-refractivity contribution in [1.29, 1.82) is 0 Å². The van der Waals surface area contributed by atoms with Gasteiger partial charge in [-0.1, -0.05) is 6.07 Å². The Balaban J connectivity index is 2.44. The molecule has 28 heavy (non-hydrogen) atoms. The van der Waals surface area contributed by atoms with Gasteiger partial charge in [-0.3, -0.25) is 10.1 Å². The zero-order valence-corrected chi connectivity index (χ0v) is 17.0. The Bertz CT molecular complexity index is 734. The van der Waals surface area contributed by atoms with Gasteiger partial charge in [0.1, 0.15) is 11.6 Å². The fraction of sp³-hybridized carbons (Fsp3) is 0.579. The van der Waals surface area contributed by atoms with Crippen molar-refractivity contribution < 1.29 is 23.6 Å². The van der Waals surface area contributed by atoms with Crippen molar-refractivity contribution in [3.05, 3.63) is 35.4 Å². The van der Waals surface area contributed by atoms with Crippen LogP contribution in [0.25, 0.3) is 0 Å². The molecule has 0 aromatic heterocycles. The average Bonchev–Trinajstić information content (AvgIpc) is 2.76. The third kappa shape index (κ3) is 3.89. The summed E-state index contributed by atoms with van der Waals surface area (Å²) in [5.74, 6) is -1.52. The number of carbonyl (C=O) groups excluding carboxylic acids is 2. The van der Waals surface area contributed by atoms with Gasteiger partial charge in [0.2, 0.25) is 0 Å². The summed E-state index contributed by atoms with van der Waals surface area (Å²) in [4.78, 5) is 28.1. The van der Waals surface area contributed by atoms with Crippen LogP contribution in [-0.2, 0) is 6.54 Å². The fourth-order valence-electron chi connectivity index (χ4n) is 3.43. The van der Waals surface area contributed by atoms with Crippen LogP contribution in [0.1, 0.15) is 47.1 Å². The van der Waals surface area contributed by atoms with Gasteiger partial charge in [0, 0.05) is 17.6 Å². The zero-order chi connectivity index (χ0) is 21.4. The van der Waals surface area contributed by atoms with Crippen LogP contribution >= 0.6 is 0 Å². The lowest BCUT2D eigenvalue weighted by Gasteiger charge is -2.39. The monoisotopic (exact) mass is 398 g/mol. The molecular weight excluding hydrogens is 370 g/mol. The van der Waals surface area contributed by atoms with E-state index < -0.39 is 35.4 Å². The van der Waals surface area contributed by atoms with Gasteiger partial charge in [-0.15, -0.1) is 0 Å². The number of hydroxylamine groups is 2. The third-order valence-corrected chi connectivity index (χ3v) is 4.83. The van der Waals surface area contributed by atoms with Gasteiger partial charge in [0.25, 0.3) is 0 Å². The molecule has 1 aliphatic rings. The lowest BCUT2D eigenvalue weighted by atomic mass is 9.98. The van der Waals surface area contributed by atoms with E-state index in [1.54, 1.807) is 41.5 Å². The van der Waals surface area contributed by atoms with Crippen LogP contribution < -0.4 is 5.32 Å². The molecule has 0 spiro atoms. The molecule has 1 aromatic rings. The van der Waals surface area contributed by atoms with Crippen LogP contribution in [0.15, 0.2) is 18.2 Å². The van der Waals surface area contributed by atoms with Gasteiger partial charge in [-0.05, 0) is 53.7 Å². The minimum absolute atomic E-state index is 0.224. The molecule has 1 saturated heterocycles. The molecule has 1 fully saturated rings. The van der Waals surface area contributed by atoms with Crippen LogP contribution in [0.5, 0.6) is 0 Å². The topological polar surface area (TPSA) is 76.1 Å². The molecular formula is C19H28F2N4O3. The lowest BCUT2D eigenvalue weighted by molar-refractivity contribution is -0.138. The van der Waals surface area contributed by atoms with E-state index in [-0.39, 0.29) is 24.2 Å². The minimum atomic E-state index is -1.13. The van der Waals surface area contributed by atoms with Crippen LogP contribution in [0, 0.1) is 11.6 Å². The van der Waals surface area contributed by atoms with Crippen molar-refractivity contribution in [3.8, 4) is 0 Å². The second kappa shape index (κ2) is 7.90. The molecule has 9 heteroatoms. The second-order valence-corrected chi connectivity index (χ2v) is 8.05. The maximum atomic E-state index is 14.2. The van der Waals surface area contributed by atoms with Crippen molar-refractivity contribution >= 4 is 12.1 Å². The standard InChI is InChI=1S/C19H28F2N4O3/c1-11(2)22-17(26)25(28)16-19(5,6)23(18(27)24(16)12(3)4)10-13-14(20)8-7-9-15(13)21/h7-9,11-12,16,28H,10H2,1-6H3,(H,22,26)/t16-/m0/s1. The first kappa shape index (κ1) is 21.9. The quantitative estimate of drug-likeness (QED) is 0.589. The van der Waals surface area contributed by atoms with Gasteiger partial charge in [0.15, 0.2) is 6.17 Å². The molecule has 0 bridgehead atoms. The number of urea groups is 2. The van der Waals surface area contributed by atoms with E-state index in [9.17, 15) is 23.6 Å². The third-order valence-electron chi connectivity index (χ3n) is 4.83. The number of halogens is 2. The van der Waals surface area contributed by atoms with Gasteiger partial charge in [0.05, 0.1) is 12.1 Å². The highest BCUT2D eigenvalue weighted by Crippen LogP contribution is 2.37. The summed E-state index contributed by atoms with van der Waals surface area (Å²) in [6, 6.07) is 1.62. The number of nitrogens with one attached hydrogen (secondary N) is 1. The normalized spacial score (nSPS) is 19.0. The number of benzene rings is 1. The molecule has 156 valence electrons. The van der Waals surface area contributed by atoms with Gasteiger partial charge in [-0.2, -0.15) is 5.06 Å². The van der Waals surface area contributed by atoms with E-state index >= 15 is 0 Å². The molecule has 0 unspecified atom stereocenters. The Morgan fingerprint density at radius 2 is 1.79 bits per heavy atom. The van der Waals surface area contributed by atoms with E-state index in [0.717, 1.165) is 12.1 Å². The largest absolute Gasteiger partial charge is 0.343 e. The Hall–Kier alpha value is -2.42. The summed E-state index contributed by atoms with van der Waals surface area (Å²) in [5, 5.41) is 13.6. The van der Waals surface area contributed by atoms with E-state index in [1.165, 1.54) is 15.9 Å². The molecule has 1 aromatic carbocycles. The summed E-state index contributed by atoms with van der Waals surface area (Å²) < 4.78 is 28.3. The smallest absolute Gasteiger partial charge is 0.334 e. The first-order valence-electron chi connectivity index (χ1n) is 9.21. The second-order valence-electron chi connectivity index (χ2n) is 8.05. The summed E-state index contributed by atoms with van der Waals surface area (Å²) in [6.07, 6.45) is -1.05. The molecule has 2 N–H and O–H groups in total. The molecule has 0 radical (unpaired) electrons. The first-order chi connectivity index (χ1) is 12.9. The van der Waals surface area contributed by atoms with Gasteiger partial charge < -0.3 is 10.2 Å². The van der Waals surface area contributed by atoms with Crippen molar-refractivity contribution in [1.82, 2.24) is 20.2 Å². The van der Waals surface area contributed by atoms with Gasteiger partial charge >= 0.3 is 12.1 Å². The zero-order valence-electron chi connectivity index (χ0n) is 17.0. The van der Waals surface area contributed by atoms with Crippen LogP contribution in [0.3, 0.4) is 0 Å². The summed E-state index contributed by atoms with van der Waals surface area (Å²) in [7, 11) is 0. The fourth-order valence-corrected chi connectivity index (χ4v) is 3.43. The Labute approximate surface area is 163 Å². The maximum Gasteiger partial charge on any atom is 0.343 e. The van der Waals surface area contributed by atoms with E-state index in [1.807, 2.05) is 0 Å². The van der Waals surface area contributed by atoms with E-state index in [4.69, 9.17) is 0 Å². The highest BCUT2D eigenvalue weighted by atomic mass is 19.1. The summed E-state index contributed by atoms with van der Waals surface area (Å²) in [5.41, 5.74) is -1.37. The number of rotatable bonds is 5. The Kier molecular flexibility index (Phi) is 6.18. The Morgan fingerprint density at radius 3 is 2.25 bits per heavy atom. The van der Waals surface area contributed by atoms with Gasteiger partial charge in [-0.25, -0.2) is 18.4 Å². The van der Waals surface area contributed by atoms with Crippen molar-refractivity contribution in [2.45, 2.75) is 71.9 Å². The number of nitrogens with zero attached hydrogens (tertiary/aromatic N) is 3. The minimum Gasteiger partial charge on any atom is -0.334 e. The number of hydrogen-bond acceptors (Lipinski definition) is 3. The maximum absolute atomic E-state index is 14.2. The average molecular weight is 398 g/mol. The first-order valence-corrected chi connectivity index (χ1v) is 9.21. The van der Waals surface area contributed by atoms with Crippen molar-refractivity contribution in [2.75, 3.05) is 0 Å². The van der Waals surface area contributed by atoms with Crippen molar-refractivity contribution in [2.24, 2.45) is 0 Å². The molecule has 4 amide bonds. The molecule has 1 atom stereocenters. The SMILES string of the molecule is CC(C)NC(=O)N(O)[C@@H]1N(C(C)C)C(=O)N(Cc2c(F)cccc2F)C1(C)C. The predicted octanol–water partition coefficient (Wildman–Crippen LogP) is 3.52. The molecule has 2 rings (SSSR count). The number of amides is 4. The number of hydrogen-bond donors (Lipinski definition) is 2. The summed E-state index contributed by atoms with van der Waals surface area (Å²) in [6.45, 7) is 9.91. The van der Waals surface area contributed by atoms with E-state index in [0.29, 0.717) is 5.06 Å². The predicted molar refractivity (Wildman–Crippen MR) is 99.4 cm³/mol. The van der Waals surface area contributed by atoms with Crippen LogP contribution in [-0.4, -0.2) is 55.9 Å². The molecule has 1 heterocycles. The van der Waals surface area contributed by atoms with Crippen LogP contribution in [0.2, 0.25) is 0 Å². The van der Waals surface area contributed by atoms with E-state index in [2.05, 4.69) is 5.32 Å². The Morgan fingerprint density at radius 1 is 1.25 bits per heavy atom. The molecule has 0 aliphatic carbocycles. The van der Waals surface area contributed by atoms with Crippen molar-refractivity contribution in [3.63, 3.8) is 0 Å².